The summed E-state index contributed by atoms with van der Waals surface area (Å²) in [5.74, 6) is 0.973. The van der Waals surface area contributed by atoms with Gasteiger partial charge >= 0.3 is 0 Å². The van der Waals surface area contributed by atoms with Crippen LogP contribution in [0.25, 0.3) is 0 Å². The van der Waals surface area contributed by atoms with Crippen molar-refractivity contribution in [3.8, 4) is 5.75 Å². The quantitative estimate of drug-likeness (QED) is 0.795. The first kappa shape index (κ1) is 10.3. The molecule has 0 saturated heterocycles. The van der Waals surface area contributed by atoms with Crippen molar-refractivity contribution in [3.63, 3.8) is 0 Å². The van der Waals surface area contributed by atoms with E-state index in [2.05, 4.69) is 24.4 Å². The number of ether oxygens (including phenoxy) is 1. The van der Waals surface area contributed by atoms with Crippen molar-refractivity contribution in [3.05, 3.63) is 24.3 Å². The molecule has 1 saturated carbocycles. The van der Waals surface area contributed by atoms with Gasteiger partial charge in [-0.1, -0.05) is 13.0 Å². The van der Waals surface area contributed by atoms with E-state index in [9.17, 15) is 0 Å². The van der Waals surface area contributed by atoms with Gasteiger partial charge in [0.1, 0.15) is 5.75 Å². The fourth-order valence-electron chi connectivity index (χ4n) is 1.68. The average Bonchev–Trinajstić information content (AvgIpc) is 2.21. The van der Waals surface area contributed by atoms with Crippen molar-refractivity contribution in [2.75, 3.05) is 11.9 Å². The lowest BCUT2D eigenvalue weighted by Crippen LogP contribution is -2.26. The molecule has 0 heterocycles. The van der Waals surface area contributed by atoms with Gasteiger partial charge in [0, 0.05) is 17.8 Å². The Hall–Kier alpha value is -1.18. The Morgan fingerprint density at radius 3 is 2.93 bits per heavy atom. The Morgan fingerprint density at radius 2 is 2.27 bits per heavy atom. The molecular weight excluding hydrogens is 186 g/mol. The second-order valence-corrected chi connectivity index (χ2v) is 4.15. The van der Waals surface area contributed by atoms with Gasteiger partial charge in [-0.15, -0.1) is 0 Å². The van der Waals surface area contributed by atoms with Gasteiger partial charge in [0.2, 0.25) is 0 Å². The molecule has 0 unspecified atom stereocenters. The van der Waals surface area contributed by atoms with E-state index >= 15 is 0 Å². The Morgan fingerprint density at radius 1 is 1.40 bits per heavy atom. The number of rotatable bonds is 5. The van der Waals surface area contributed by atoms with Gasteiger partial charge < -0.3 is 10.1 Å². The molecule has 1 aromatic rings. The van der Waals surface area contributed by atoms with Crippen molar-refractivity contribution in [2.45, 2.75) is 38.6 Å². The van der Waals surface area contributed by atoms with E-state index in [-0.39, 0.29) is 0 Å². The maximum Gasteiger partial charge on any atom is 0.121 e. The molecule has 1 aliphatic carbocycles. The van der Waals surface area contributed by atoms with Crippen LogP contribution in [0.5, 0.6) is 5.75 Å². The number of benzene rings is 1. The van der Waals surface area contributed by atoms with E-state index in [0.29, 0.717) is 6.04 Å². The molecular formula is C13H19NO. The van der Waals surface area contributed by atoms with Gasteiger partial charge in [0.15, 0.2) is 0 Å². The first-order valence-corrected chi connectivity index (χ1v) is 5.88. The number of nitrogens with one attached hydrogen (secondary N) is 1. The van der Waals surface area contributed by atoms with Gasteiger partial charge in [-0.3, -0.25) is 0 Å². The normalized spacial score (nSPS) is 15.8. The van der Waals surface area contributed by atoms with Gasteiger partial charge in [0.25, 0.3) is 0 Å². The molecule has 0 aliphatic heterocycles. The van der Waals surface area contributed by atoms with Crippen LogP contribution in [0.15, 0.2) is 24.3 Å². The van der Waals surface area contributed by atoms with Gasteiger partial charge in [-0.25, -0.2) is 0 Å². The Kier molecular flexibility index (Phi) is 3.49. The molecule has 2 nitrogen and oxygen atoms in total. The highest BCUT2D eigenvalue weighted by atomic mass is 16.5. The first-order chi connectivity index (χ1) is 7.38. The predicted octanol–water partition coefficient (Wildman–Crippen LogP) is 3.44. The smallest absolute Gasteiger partial charge is 0.121 e. The topological polar surface area (TPSA) is 21.3 Å². The summed E-state index contributed by atoms with van der Waals surface area (Å²) >= 11 is 0. The zero-order chi connectivity index (χ0) is 10.5. The van der Waals surface area contributed by atoms with Gasteiger partial charge in [0.05, 0.1) is 6.61 Å². The van der Waals surface area contributed by atoms with Crippen LogP contribution in [0.3, 0.4) is 0 Å². The summed E-state index contributed by atoms with van der Waals surface area (Å²) in [4.78, 5) is 0. The third-order valence-corrected chi connectivity index (χ3v) is 2.78. The van der Waals surface area contributed by atoms with Crippen molar-refractivity contribution in [2.24, 2.45) is 0 Å². The molecule has 2 heteroatoms. The minimum atomic E-state index is 0.687. The zero-order valence-corrected chi connectivity index (χ0v) is 9.33. The summed E-state index contributed by atoms with van der Waals surface area (Å²) in [7, 11) is 0. The molecule has 0 spiro atoms. The van der Waals surface area contributed by atoms with Crippen LogP contribution < -0.4 is 10.1 Å². The lowest BCUT2D eigenvalue weighted by Gasteiger charge is -2.27. The largest absolute Gasteiger partial charge is 0.494 e. The van der Waals surface area contributed by atoms with Crippen LogP contribution in [-0.2, 0) is 0 Å². The molecule has 1 N–H and O–H groups in total. The van der Waals surface area contributed by atoms with Crippen molar-refractivity contribution in [1.82, 2.24) is 0 Å². The lowest BCUT2D eigenvalue weighted by molar-refractivity contribution is 0.317. The highest BCUT2D eigenvalue weighted by Gasteiger charge is 2.16. The Balaban J connectivity index is 1.92. The second-order valence-electron chi connectivity index (χ2n) is 4.15. The summed E-state index contributed by atoms with van der Waals surface area (Å²) < 4.78 is 5.59. The summed E-state index contributed by atoms with van der Waals surface area (Å²) in [5, 5.41) is 3.52. The van der Waals surface area contributed by atoms with E-state index in [0.717, 1.165) is 18.8 Å². The second kappa shape index (κ2) is 5.06. The molecule has 0 bridgehead atoms. The van der Waals surface area contributed by atoms with Crippen LogP contribution in [0.2, 0.25) is 0 Å². The summed E-state index contributed by atoms with van der Waals surface area (Å²) in [6, 6.07) is 8.95. The van der Waals surface area contributed by atoms with E-state index in [1.165, 1.54) is 24.9 Å². The molecule has 2 rings (SSSR count). The van der Waals surface area contributed by atoms with Crippen molar-refractivity contribution < 1.29 is 4.74 Å². The molecule has 1 aromatic carbocycles. The maximum atomic E-state index is 5.59. The number of hydrogen-bond acceptors (Lipinski definition) is 2. The minimum Gasteiger partial charge on any atom is -0.494 e. The zero-order valence-electron chi connectivity index (χ0n) is 9.33. The SMILES string of the molecule is CCCOc1cccc(NC2CCC2)c1. The first-order valence-electron chi connectivity index (χ1n) is 5.88. The minimum absolute atomic E-state index is 0.687. The van der Waals surface area contributed by atoms with Crippen LogP contribution in [-0.4, -0.2) is 12.6 Å². The number of hydrogen-bond donors (Lipinski definition) is 1. The van der Waals surface area contributed by atoms with Crippen LogP contribution in [0.4, 0.5) is 5.69 Å². The molecule has 0 aromatic heterocycles. The van der Waals surface area contributed by atoms with Crippen LogP contribution >= 0.6 is 0 Å². The molecule has 1 aliphatic rings. The predicted molar refractivity (Wildman–Crippen MR) is 63.5 cm³/mol. The molecule has 0 amide bonds. The van der Waals surface area contributed by atoms with E-state index in [1.54, 1.807) is 0 Å². The van der Waals surface area contributed by atoms with E-state index in [4.69, 9.17) is 4.74 Å². The molecule has 82 valence electrons. The average molecular weight is 205 g/mol. The van der Waals surface area contributed by atoms with Crippen LogP contribution in [0.1, 0.15) is 32.6 Å². The monoisotopic (exact) mass is 205 g/mol. The Bertz CT molecular complexity index is 307. The summed E-state index contributed by atoms with van der Waals surface area (Å²) in [6.07, 6.45) is 5.03. The highest BCUT2D eigenvalue weighted by Crippen LogP contribution is 2.25. The van der Waals surface area contributed by atoms with Gasteiger partial charge in [-0.05, 0) is 37.8 Å². The lowest BCUT2D eigenvalue weighted by atomic mass is 9.93. The molecule has 1 fully saturated rings. The summed E-state index contributed by atoms with van der Waals surface area (Å²) in [6.45, 7) is 2.92. The van der Waals surface area contributed by atoms with Crippen LogP contribution in [0, 0.1) is 0 Å². The van der Waals surface area contributed by atoms with Crippen molar-refractivity contribution in [1.29, 1.82) is 0 Å². The molecule has 0 radical (unpaired) electrons. The van der Waals surface area contributed by atoms with E-state index < -0.39 is 0 Å². The standard InChI is InChI=1S/C13H19NO/c1-2-9-15-13-8-4-7-12(10-13)14-11-5-3-6-11/h4,7-8,10-11,14H,2-3,5-6,9H2,1H3. The fraction of sp³-hybridized carbons (Fsp3) is 0.538. The summed E-state index contributed by atoms with van der Waals surface area (Å²) in [5.41, 5.74) is 1.19. The number of anilines is 1. The highest BCUT2D eigenvalue weighted by molar-refractivity contribution is 5.49. The van der Waals surface area contributed by atoms with Gasteiger partial charge in [-0.2, -0.15) is 0 Å². The fourth-order valence-corrected chi connectivity index (χ4v) is 1.68. The molecule has 15 heavy (non-hydrogen) atoms. The third-order valence-electron chi connectivity index (χ3n) is 2.78. The molecule has 0 atom stereocenters. The van der Waals surface area contributed by atoms with E-state index in [1.807, 2.05) is 12.1 Å². The Labute approximate surface area is 91.6 Å². The van der Waals surface area contributed by atoms with Crippen molar-refractivity contribution >= 4 is 5.69 Å². The maximum absolute atomic E-state index is 5.59. The third kappa shape index (κ3) is 2.88.